The average Bonchev–Trinajstić information content (AvgIpc) is 2.47. The average molecular weight is 270 g/mol. The minimum atomic E-state index is 0.316. The Kier molecular flexibility index (Phi) is 3.62. The molecule has 1 aliphatic rings. The van der Waals surface area contributed by atoms with Crippen molar-refractivity contribution in [2.24, 2.45) is 5.92 Å². The van der Waals surface area contributed by atoms with Crippen molar-refractivity contribution in [3.63, 3.8) is 0 Å². The lowest BCUT2D eigenvalue weighted by Crippen LogP contribution is -2.44. The van der Waals surface area contributed by atoms with Gasteiger partial charge in [-0.1, -0.05) is 18.6 Å². The Morgan fingerprint density at radius 3 is 2.95 bits per heavy atom. The van der Waals surface area contributed by atoms with Gasteiger partial charge in [-0.2, -0.15) is 0 Å². The number of aryl methyl sites for hydroxylation is 1. The summed E-state index contributed by atoms with van der Waals surface area (Å²) in [5, 5.41) is 1.25. The number of anilines is 1. The first kappa shape index (κ1) is 13.4. The van der Waals surface area contributed by atoms with Gasteiger partial charge in [0.1, 0.15) is 0 Å². The molecule has 0 amide bonds. The molecule has 1 aliphatic heterocycles. The highest BCUT2D eigenvalue weighted by Gasteiger charge is 2.26. The van der Waals surface area contributed by atoms with Crippen LogP contribution in [0.15, 0.2) is 30.5 Å². The van der Waals surface area contributed by atoms with Crippen LogP contribution in [-0.4, -0.2) is 31.3 Å². The number of hydrogen-bond donors (Lipinski definition) is 0. The number of methoxy groups -OCH3 is 1. The van der Waals surface area contributed by atoms with Gasteiger partial charge in [-0.25, -0.2) is 0 Å². The Bertz CT molecular complexity index is 611. The van der Waals surface area contributed by atoms with Crippen LogP contribution in [0, 0.1) is 12.8 Å². The summed E-state index contributed by atoms with van der Waals surface area (Å²) >= 11 is 0. The molecular formula is C17H22N2O. The molecule has 20 heavy (non-hydrogen) atoms. The first-order chi connectivity index (χ1) is 9.69. The number of benzene rings is 1. The van der Waals surface area contributed by atoms with Gasteiger partial charge in [0.15, 0.2) is 0 Å². The Labute approximate surface area is 120 Å². The van der Waals surface area contributed by atoms with Gasteiger partial charge in [-0.3, -0.25) is 4.98 Å². The summed E-state index contributed by atoms with van der Waals surface area (Å²) in [6.07, 6.45) is 3.40. The predicted molar refractivity (Wildman–Crippen MR) is 83.3 cm³/mol. The van der Waals surface area contributed by atoms with Crippen LogP contribution in [0.5, 0.6) is 0 Å². The molecule has 0 spiro atoms. The summed E-state index contributed by atoms with van der Waals surface area (Å²) in [4.78, 5) is 6.92. The maximum atomic E-state index is 5.63. The molecule has 2 unspecified atom stereocenters. The molecule has 0 N–H and O–H groups in total. The summed E-state index contributed by atoms with van der Waals surface area (Å²) < 4.78 is 5.63. The van der Waals surface area contributed by atoms with E-state index in [9.17, 15) is 0 Å². The second-order valence-corrected chi connectivity index (χ2v) is 5.84. The fourth-order valence-electron chi connectivity index (χ4n) is 3.08. The van der Waals surface area contributed by atoms with E-state index in [2.05, 4.69) is 48.0 Å². The monoisotopic (exact) mass is 270 g/mol. The van der Waals surface area contributed by atoms with Crippen LogP contribution in [0.2, 0.25) is 0 Å². The van der Waals surface area contributed by atoms with E-state index in [1.165, 1.54) is 23.1 Å². The van der Waals surface area contributed by atoms with Crippen molar-refractivity contribution in [2.75, 3.05) is 25.1 Å². The van der Waals surface area contributed by atoms with E-state index < -0.39 is 0 Å². The van der Waals surface area contributed by atoms with Crippen molar-refractivity contribution in [1.82, 2.24) is 4.98 Å². The molecule has 0 bridgehead atoms. The number of fused-ring (bicyclic) bond motifs is 1. The topological polar surface area (TPSA) is 25.4 Å². The number of hydrogen-bond acceptors (Lipinski definition) is 3. The third-order valence-electron chi connectivity index (χ3n) is 4.41. The first-order valence-electron chi connectivity index (χ1n) is 7.32. The number of pyridine rings is 1. The van der Waals surface area contributed by atoms with Gasteiger partial charge >= 0.3 is 0 Å². The maximum absolute atomic E-state index is 5.63. The third kappa shape index (κ3) is 2.38. The lowest BCUT2D eigenvalue weighted by atomic mass is 9.95. The van der Waals surface area contributed by atoms with Crippen molar-refractivity contribution in [3.05, 3.63) is 36.0 Å². The van der Waals surface area contributed by atoms with Gasteiger partial charge in [0, 0.05) is 37.5 Å². The molecule has 0 aliphatic carbocycles. The second kappa shape index (κ2) is 5.41. The van der Waals surface area contributed by atoms with Crippen LogP contribution in [0.25, 0.3) is 10.9 Å². The highest BCUT2D eigenvalue weighted by molar-refractivity contribution is 5.92. The number of aromatic nitrogens is 1. The first-order valence-corrected chi connectivity index (χ1v) is 7.32. The van der Waals surface area contributed by atoms with Crippen molar-refractivity contribution in [1.29, 1.82) is 0 Å². The smallest absolute Gasteiger partial charge is 0.0772 e. The zero-order valence-electron chi connectivity index (χ0n) is 12.5. The third-order valence-corrected chi connectivity index (χ3v) is 4.41. The Balaban J connectivity index is 1.99. The van der Waals surface area contributed by atoms with Crippen LogP contribution >= 0.6 is 0 Å². The van der Waals surface area contributed by atoms with Gasteiger partial charge in [0.2, 0.25) is 0 Å². The van der Waals surface area contributed by atoms with Gasteiger partial charge < -0.3 is 9.64 Å². The van der Waals surface area contributed by atoms with Crippen molar-refractivity contribution in [2.45, 2.75) is 26.4 Å². The van der Waals surface area contributed by atoms with E-state index >= 15 is 0 Å². The SMILES string of the molecule is COC1CN(c2ccnc3ccc(C)cc23)CCC1C. The number of rotatable bonds is 2. The molecule has 106 valence electrons. The largest absolute Gasteiger partial charge is 0.379 e. The summed E-state index contributed by atoms with van der Waals surface area (Å²) in [6, 6.07) is 8.59. The molecule has 0 radical (unpaired) electrons. The van der Waals surface area contributed by atoms with Crippen molar-refractivity contribution in [3.8, 4) is 0 Å². The summed E-state index contributed by atoms with van der Waals surface area (Å²) in [7, 11) is 1.82. The zero-order chi connectivity index (χ0) is 14.1. The number of piperidine rings is 1. The van der Waals surface area contributed by atoms with Gasteiger partial charge in [-0.15, -0.1) is 0 Å². The molecule has 2 aromatic rings. The number of nitrogens with zero attached hydrogens (tertiary/aromatic N) is 2. The van der Waals surface area contributed by atoms with Crippen LogP contribution in [0.1, 0.15) is 18.9 Å². The molecule has 0 saturated carbocycles. The van der Waals surface area contributed by atoms with Crippen molar-refractivity contribution >= 4 is 16.6 Å². The Morgan fingerprint density at radius 2 is 2.15 bits per heavy atom. The van der Waals surface area contributed by atoms with Gasteiger partial charge in [0.25, 0.3) is 0 Å². The van der Waals surface area contributed by atoms with E-state index in [4.69, 9.17) is 4.74 Å². The molecule has 1 aromatic heterocycles. The molecule has 3 heteroatoms. The minimum absolute atomic E-state index is 0.316. The lowest BCUT2D eigenvalue weighted by molar-refractivity contribution is 0.0499. The molecular weight excluding hydrogens is 248 g/mol. The van der Waals surface area contributed by atoms with E-state index in [-0.39, 0.29) is 0 Å². The van der Waals surface area contributed by atoms with E-state index in [0.29, 0.717) is 12.0 Å². The molecule has 1 saturated heterocycles. The molecule has 2 atom stereocenters. The van der Waals surface area contributed by atoms with E-state index in [1.807, 2.05) is 13.3 Å². The second-order valence-electron chi connectivity index (χ2n) is 5.84. The fourth-order valence-corrected chi connectivity index (χ4v) is 3.08. The molecule has 3 nitrogen and oxygen atoms in total. The summed E-state index contributed by atoms with van der Waals surface area (Å²) in [6.45, 7) is 6.46. The highest BCUT2D eigenvalue weighted by Crippen LogP contribution is 2.30. The highest BCUT2D eigenvalue weighted by atomic mass is 16.5. The lowest BCUT2D eigenvalue weighted by Gasteiger charge is -2.38. The van der Waals surface area contributed by atoms with E-state index in [0.717, 1.165) is 18.6 Å². The van der Waals surface area contributed by atoms with Gasteiger partial charge in [0.05, 0.1) is 11.6 Å². The molecule has 1 fully saturated rings. The zero-order valence-corrected chi connectivity index (χ0v) is 12.5. The summed E-state index contributed by atoms with van der Waals surface area (Å²) in [5.41, 5.74) is 3.63. The minimum Gasteiger partial charge on any atom is -0.379 e. The van der Waals surface area contributed by atoms with Crippen LogP contribution < -0.4 is 4.90 Å². The van der Waals surface area contributed by atoms with Gasteiger partial charge in [-0.05, 0) is 37.5 Å². The standard InChI is InChI=1S/C17H22N2O/c1-12-4-5-15-14(10-12)16(6-8-18-15)19-9-7-13(2)17(11-19)20-3/h4-6,8,10,13,17H,7,9,11H2,1-3H3. The fraction of sp³-hybridized carbons (Fsp3) is 0.471. The Morgan fingerprint density at radius 1 is 1.30 bits per heavy atom. The summed E-state index contributed by atoms with van der Waals surface area (Å²) in [5.74, 6) is 0.631. The maximum Gasteiger partial charge on any atom is 0.0772 e. The van der Waals surface area contributed by atoms with Crippen molar-refractivity contribution < 1.29 is 4.74 Å². The predicted octanol–water partition coefficient (Wildman–Crippen LogP) is 3.40. The molecule has 1 aromatic carbocycles. The normalized spacial score (nSPS) is 23.2. The Hall–Kier alpha value is -1.61. The quantitative estimate of drug-likeness (QED) is 0.836. The van der Waals surface area contributed by atoms with Crippen LogP contribution in [-0.2, 0) is 4.74 Å². The van der Waals surface area contributed by atoms with Crippen LogP contribution in [0.3, 0.4) is 0 Å². The number of ether oxygens (including phenoxy) is 1. The molecule has 2 heterocycles. The molecule has 3 rings (SSSR count). The van der Waals surface area contributed by atoms with E-state index in [1.54, 1.807) is 0 Å². The van der Waals surface area contributed by atoms with Crippen LogP contribution in [0.4, 0.5) is 5.69 Å².